The Kier molecular flexibility index (Phi) is 4.53. The lowest BCUT2D eigenvalue weighted by atomic mass is 10.0. The fourth-order valence-corrected chi connectivity index (χ4v) is 5.00. The van der Waals surface area contributed by atoms with Crippen molar-refractivity contribution in [1.29, 1.82) is 0 Å². The van der Waals surface area contributed by atoms with Gasteiger partial charge >= 0.3 is 0 Å². The first-order chi connectivity index (χ1) is 15.8. The Labute approximate surface area is 186 Å². The molecule has 1 unspecified atom stereocenters. The largest absolute Gasteiger partial charge is 0.364 e. The molecule has 0 spiro atoms. The summed E-state index contributed by atoms with van der Waals surface area (Å²) in [6.45, 7) is 0.970. The van der Waals surface area contributed by atoms with E-state index in [0.29, 0.717) is 5.69 Å². The van der Waals surface area contributed by atoms with Crippen LogP contribution in [-0.4, -0.2) is 35.4 Å². The van der Waals surface area contributed by atoms with Crippen LogP contribution >= 0.6 is 0 Å². The molecule has 5 heteroatoms. The van der Waals surface area contributed by atoms with E-state index < -0.39 is 0 Å². The fraction of sp³-hybridized carbons (Fsp3) is 0.185. The van der Waals surface area contributed by atoms with Gasteiger partial charge in [0.2, 0.25) is 0 Å². The van der Waals surface area contributed by atoms with Crippen LogP contribution in [0.25, 0.3) is 10.9 Å². The van der Waals surface area contributed by atoms with E-state index in [1.165, 1.54) is 5.69 Å². The quantitative estimate of drug-likeness (QED) is 0.503. The van der Waals surface area contributed by atoms with Gasteiger partial charge in [0.05, 0.1) is 11.8 Å². The molecule has 158 valence electrons. The van der Waals surface area contributed by atoms with E-state index >= 15 is 0 Å². The zero-order valence-electron chi connectivity index (χ0n) is 17.7. The van der Waals surface area contributed by atoms with Crippen molar-refractivity contribution in [2.45, 2.75) is 25.0 Å². The monoisotopic (exact) mass is 420 g/mol. The van der Waals surface area contributed by atoms with Crippen LogP contribution in [0.3, 0.4) is 0 Å². The van der Waals surface area contributed by atoms with Crippen molar-refractivity contribution in [3.63, 3.8) is 0 Å². The minimum atomic E-state index is -0.334. The number of carbonyl (C=O) groups excluding carboxylic acids is 1. The van der Waals surface area contributed by atoms with Crippen molar-refractivity contribution in [3.8, 4) is 0 Å². The van der Waals surface area contributed by atoms with Gasteiger partial charge in [-0.2, -0.15) is 0 Å². The number of amides is 1. The lowest BCUT2D eigenvalue weighted by molar-refractivity contribution is 0.0929. The molecule has 2 N–H and O–H groups in total. The minimum Gasteiger partial charge on any atom is -0.364 e. The van der Waals surface area contributed by atoms with Gasteiger partial charge in [0.15, 0.2) is 0 Å². The molecular weight excluding hydrogens is 396 g/mol. The van der Waals surface area contributed by atoms with Gasteiger partial charge in [-0.15, -0.1) is 0 Å². The number of nitrogens with one attached hydrogen (secondary N) is 2. The van der Waals surface area contributed by atoms with Crippen molar-refractivity contribution < 1.29 is 4.79 Å². The number of rotatable bonds is 3. The maximum Gasteiger partial charge on any atom is 0.269 e. The van der Waals surface area contributed by atoms with E-state index in [1.54, 1.807) is 0 Å². The van der Waals surface area contributed by atoms with Crippen molar-refractivity contribution in [2.75, 3.05) is 11.4 Å². The first-order valence-electron chi connectivity index (χ1n) is 11.2. The Morgan fingerprint density at radius 1 is 0.969 bits per heavy atom. The smallest absolute Gasteiger partial charge is 0.269 e. The van der Waals surface area contributed by atoms with Crippen molar-refractivity contribution in [2.24, 2.45) is 4.99 Å². The third-order valence-corrected chi connectivity index (χ3v) is 6.50. The summed E-state index contributed by atoms with van der Waals surface area (Å²) in [5.74, 6) is -0.125. The molecule has 0 saturated carbocycles. The van der Waals surface area contributed by atoms with E-state index in [-0.39, 0.29) is 18.1 Å². The molecule has 1 amide bonds. The molecule has 3 heterocycles. The molecule has 2 aliphatic rings. The number of carbonyl (C=O) groups is 1. The summed E-state index contributed by atoms with van der Waals surface area (Å²) in [5.41, 5.74) is 5.83. The molecule has 4 aromatic rings. The van der Waals surface area contributed by atoms with Crippen LogP contribution in [0.4, 0.5) is 5.69 Å². The van der Waals surface area contributed by atoms with Crippen LogP contribution in [0.15, 0.2) is 89.9 Å². The van der Waals surface area contributed by atoms with Gasteiger partial charge in [-0.05, 0) is 31.0 Å². The second kappa shape index (κ2) is 7.68. The van der Waals surface area contributed by atoms with E-state index in [2.05, 4.69) is 51.6 Å². The third kappa shape index (κ3) is 3.17. The highest BCUT2D eigenvalue weighted by atomic mass is 16.2. The average molecular weight is 421 g/mol. The van der Waals surface area contributed by atoms with Gasteiger partial charge in [-0.1, -0.05) is 66.7 Å². The van der Waals surface area contributed by atoms with E-state index in [0.717, 1.165) is 47.1 Å². The molecule has 1 aromatic heterocycles. The first-order valence-corrected chi connectivity index (χ1v) is 11.2. The number of hydrogen-bond donors (Lipinski definition) is 2. The molecule has 3 aromatic carbocycles. The summed E-state index contributed by atoms with van der Waals surface area (Å²) in [5, 5.41) is 4.27. The predicted octanol–water partition coefficient (Wildman–Crippen LogP) is 4.74. The van der Waals surface area contributed by atoms with Crippen LogP contribution in [0, 0.1) is 0 Å². The Hall–Kier alpha value is -3.86. The minimum absolute atomic E-state index is 0.125. The first kappa shape index (κ1) is 18.9. The third-order valence-electron chi connectivity index (χ3n) is 6.50. The number of H-pyrrole nitrogens is 1. The molecule has 5 nitrogen and oxygen atoms in total. The number of fused-ring (bicyclic) bond motifs is 4. The average Bonchev–Trinajstić information content (AvgIpc) is 3.47. The maximum atomic E-state index is 13.3. The van der Waals surface area contributed by atoms with Gasteiger partial charge in [-0.3, -0.25) is 9.79 Å². The van der Waals surface area contributed by atoms with Gasteiger partial charge in [0.25, 0.3) is 5.91 Å². The summed E-state index contributed by atoms with van der Waals surface area (Å²) in [7, 11) is 0. The summed E-state index contributed by atoms with van der Waals surface area (Å²) in [6.07, 6.45) is 1.75. The number of nitrogens with zero attached hydrogens (tertiary/aromatic N) is 2. The van der Waals surface area contributed by atoms with Crippen molar-refractivity contribution >= 4 is 28.2 Å². The summed E-state index contributed by atoms with van der Waals surface area (Å²) >= 11 is 0. The molecule has 1 fully saturated rings. The number of hydrogen-bond acceptors (Lipinski definition) is 3. The molecular formula is C27H24N4O. The number of benzene rings is 3. The van der Waals surface area contributed by atoms with Crippen molar-refractivity contribution in [1.82, 2.24) is 10.3 Å². The predicted molar refractivity (Wildman–Crippen MR) is 128 cm³/mol. The molecule has 0 aliphatic carbocycles. The number of aromatic amines is 1. The van der Waals surface area contributed by atoms with Crippen LogP contribution in [-0.2, 0) is 0 Å². The summed E-state index contributed by atoms with van der Waals surface area (Å²) in [4.78, 5) is 24.1. The SMILES string of the molecule is O=C(N[C@H]1N=C(c2ccccc2)c2ccccc2N2CCCC12)c1cc2ccccc2[nH]1. The topological polar surface area (TPSA) is 60.5 Å². The Bertz CT molecular complexity index is 1290. The molecule has 32 heavy (non-hydrogen) atoms. The maximum absolute atomic E-state index is 13.3. The van der Waals surface area contributed by atoms with Gasteiger partial charge < -0.3 is 15.2 Å². The van der Waals surface area contributed by atoms with Crippen LogP contribution in [0.1, 0.15) is 34.5 Å². The lowest BCUT2D eigenvalue weighted by Gasteiger charge is -2.30. The molecule has 6 rings (SSSR count). The van der Waals surface area contributed by atoms with Crippen molar-refractivity contribution in [3.05, 3.63) is 102 Å². The van der Waals surface area contributed by atoms with E-state index in [1.807, 2.05) is 48.5 Å². The van der Waals surface area contributed by atoms with Crippen LogP contribution in [0.2, 0.25) is 0 Å². The van der Waals surface area contributed by atoms with Crippen LogP contribution in [0.5, 0.6) is 0 Å². The second-order valence-electron chi connectivity index (χ2n) is 8.45. The molecule has 0 bridgehead atoms. The van der Waals surface area contributed by atoms with Gasteiger partial charge in [-0.25, -0.2) is 0 Å². The number of aromatic nitrogens is 1. The molecule has 2 atom stereocenters. The standard InChI is InChI=1S/C27H24N4O/c32-27(22-17-19-11-4-6-13-21(19)28-22)30-26-24-15-8-16-31(24)23-14-7-5-12-20(23)25(29-26)18-9-2-1-3-10-18/h1-7,9-14,17,24,26,28H,8,15-16H2,(H,30,32)/t24?,26-/m1/s1. The number of anilines is 1. The lowest BCUT2D eigenvalue weighted by Crippen LogP contribution is -2.48. The van der Waals surface area contributed by atoms with E-state index in [9.17, 15) is 4.79 Å². The highest BCUT2D eigenvalue weighted by Crippen LogP contribution is 2.35. The van der Waals surface area contributed by atoms with E-state index in [4.69, 9.17) is 4.99 Å². The van der Waals surface area contributed by atoms with Crippen LogP contribution < -0.4 is 10.2 Å². The zero-order valence-corrected chi connectivity index (χ0v) is 17.7. The molecule has 2 aliphatic heterocycles. The zero-order chi connectivity index (χ0) is 21.5. The summed E-state index contributed by atoms with van der Waals surface area (Å²) in [6, 6.07) is 28.7. The summed E-state index contributed by atoms with van der Waals surface area (Å²) < 4.78 is 0. The fourth-order valence-electron chi connectivity index (χ4n) is 5.00. The van der Waals surface area contributed by atoms with Gasteiger partial charge in [0, 0.05) is 34.3 Å². The Balaban J connectivity index is 1.42. The highest BCUT2D eigenvalue weighted by molar-refractivity contribution is 6.16. The van der Waals surface area contributed by atoms with Gasteiger partial charge in [0.1, 0.15) is 11.9 Å². The highest BCUT2D eigenvalue weighted by Gasteiger charge is 2.37. The Morgan fingerprint density at radius 3 is 2.62 bits per heavy atom. The normalized spacial score (nSPS) is 19.8. The number of para-hydroxylation sites is 2. The molecule has 1 saturated heterocycles. The Morgan fingerprint density at radius 2 is 1.75 bits per heavy atom. The number of aliphatic imine (C=N–C) groups is 1. The second-order valence-corrected chi connectivity index (χ2v) is 8.45. The molecule has 0 radical (unpaired) electrons.